The number of Topliss-reactive ketones (excluding diaryl/α,β-unsaturated/α-hetero) is 1. The fraction of sp³-hybridized carbons (Fsp3) is 0.292. The molecule has 1 fully saturated rings. The Kier molecular flexibility index (Phi) is 4.52. The van der Waals surface area contributed by atoms with Crippen LogP contribution >= 0.6 is 22.9 Å². The van der Waals surface area contributed by atoms with Crippen molar-refractivity contribution in [1.82, 2.24) is 4.98 Å². The molecule has 0 saturated heterocycles. The zero-order valence-corrected chi connectivity index (χ0v) is 18.5. The molecule has 1 aromatic heterocycles. The summed E-state index contributed by atoms with van der Waals surface area (Å²) in [5.74, 6) is -0.423. The highest BCUT2D eigenvalue weighted by Crippen LogP contribution is 2.49. The van der Waals surface area contributed by atoms with Crippen LogP contribution in [0.2, 0.25) is 5.02 Å². The molecule has 0 bridgehead atoms. The molecule has 162 valence electrons. The molecule has 3 aliphatic rings. The number of nitrogens with zero attached hydrogens (tertiary/aromatic N) is 2. The number of ketones is 1. The van der Waals surface area contributed by atoms with Gasteiger partial charge in [0, 0.05) is 5.02 Å². The van der Waals surface area contributed by atoms with Crippen molar-refractivity contribution in [3.05, 3.63) is 64.4 Å². The van der Waals surface area contributed by atoms with E-state index in [0.717, 1.165) is 35.9 Å². The van der Waals surface area contributed by atoms with Crippen LogP contribution in [0, 0.1) is 5.92 Å². The topological polar surface area (TPSA) is 79.7 Å². The van der Waals surface area contributed by atoms with Crippen LogP contribution in [0.3, 0.4) is 0 Å². The summed E-state index contributed by atoms with van der Waals surface area (Å²) in [6.45, 7) is 0. The van der Waals surface area contributed by atoms with Crippen molar-refractivity contribution >= 4 is 50.0 Å². The second kappa shape index (κ2) is 7.32. The first-order valence-corrected chi connectivity index (χ1v) is 11.8. The van der Waals surface area contributed by atoms with E-state index in [0.29, 0.717) is 21.3 Å². The average Bonchev–Trinajstić information content (AvgIpc) is 3.32. The highest BCUT2D eigenvalue weighted by Gasteiger charge is 2.53. The summed E-state index contributed by atoms with van der Waals surface area (Å²) < 4.78 is 7.03. The summed E-state index contributed by atoms with van der Waals surface area (Å²) in [6, 6.07) is 11.4. The number of aromatic hydroxyl groups is 1. The van der Waals surface area contributed by atoms with E-state index < -0.39 is 6.04 Å². The predicted molar refractivity (Wildman–Crippen MR) is 122 cm³/mol. The zero-order chi connectivity index (χ0) is 22.0. The number of hydrogen-bond acceptors (Lipinski definition) is 6. The Bertz CT molecular complexity index is 1320. The van der Waals surface area contributed by atoms with Crippen molar-refractivity contribution in [3.8, 4) is 5.75 Å². The van der Waals surface area contributed by atoms with Gasteiger partial charge >= 0.3 is 0 Å². The number of fused-ring (bicyclic) bond motifs is 2. The Labute approximate surface area is 193 Å². The maximum absolute atomic E-state index is 13.6. The van der Waals surface area contributed by atoms with Gasteiger partial charge in [-0.15, -0.1) is 0 Å². The minimum Gasteiger partial charge on any atom is -0.508 e. The molecule has 3 heterocycles. The smallest absolute Gasteiger partial charge is 0.296 e. The summed E-state index contributed by atoms with van der Waals surface area (Å²) in [4.78, 5) is 33.5. The molecule has 1 aliphatic carbocycles. The summed E-state index contributed by atoms with van der Waals surface area (Å²) in [5.41, 5.74) is 1.75. The Morgan fingerprint density at radius 2 is 1.97 bits per heavy atom. The first-order chi connectivity index (χ1) is 15.5. The first kappa shape index (κ1) is 19.8. The van der Waals surface area contributed by atoms with Crippen LogP contribution < -0.4 is 4.90 Å². The van der Waals surface area contributed by atoms with Crippen LogP contribution in [0.1, 0.15) is 37.3 Å². The molecule has 0 spiro atoms. The number of rotatable bonds is 2. The number of ether oxygens (including phenoxy) is 1. The van der Waals surface area contributed by atoms with E-state index in [1.54, 1.807) is 24.3 Å². The van der Waals surface area contributed by atoms with Crippen LogP contribution in [0.25, 0.3) is 10.2 Å². The average molecular weight is 467 g/mol. The van der Waals surface area contributed by atoms with Crippen molar-refractivity contribution in [3.63, 3.8) is 0 Å². The third kappa shape index (κ3) is 2.95. The van der Waals surface area contributed by atoms with Crippen molar-refractivity contribution in [2.75, 3.05) is 4.90 Å². The van der Waals surface area contributed by atoms with E-state index in [4.69, 9.17) is 16.3 Å². The Balaban J connectivity index is 1.52. The largest absolute Gasteiger partial charge is 0.508 e. The van der Waals surface area contributed by atoms with Gasteiger partial charge in [0.25, 0.3) is 5.91 Å². The molecule has 0 radical (unpaired) electrons. The summed E-state index contributed by atoms with van der Waals surface area (Å²) >= 11 is 7.49. The third-order valence-corrected chi connectivity index (χ3v) is 7.75. The van der Waals surface area contributed by atoms with E-state index in [-0.39, 0.29) is 35.2 Å². The zero-order valence-electron chi connectivity index (χ0n) is 17.0. The molecule has 1 N–H and O–H groups in total. The van der Waals surface area contributed by atoms with Gasteiger partial charge in [0.05, 0.1) is 27.7 Å². The molecule has 6 rings (SSSR count). The Morgan fingerprint density at radius 1 is 1.12 bits per heavy atom. The van der Waals surface area contributed by atoms with Crippen molar-refractivity contribution in [1.29, 1.82) is 0 Å². The van der Waals surface area contributed by atoms with E-state index in [1.807, 2.05) is 18.2 Å². The number of benzene rings is 2. The second-order valence-electron chi connectivity index (χ2n) is 8.44. The minimum atomic E-state index is -0.698. The number of aromatic nitrogens is 1. The molecule has 1 saturated carbocycles. The maximum Gasteiger partial charge on any atom is 0.296 e. The van der Waals surface area contributed by atoms with Gasteiger partial charge in [0.2, 0.25) is 0 Å². The number of hydrogen-bond donors (Lipinski definition) is 1. The normalized spacial score (nSPS) is 25.2. The lowest BCUT2D eigenvalue weighted by molar-refractivity contribution is -0.131. The molecule has 6 nitrogen and oxygen atoms in total. The number of amides is 1. The van der Waals surface area contributed by atoms with Crippen LogP contribution in [0.5, 0.6) is 5.75 Å². The highest BCUT2D eigenvalue weighted by atomic mass is 35.5. The number of phenols is 1. The summed E-state index contributed by atoms with van der Waals surface area (Å²) in [5, 5.41) is 11.2. The lowest BCUT2D eigenvalue weighted by Gasteiger charge is -2.35. The van der Waals surface area contributed by atoms with E-state index in [1.165, 1.54) is 16.2 Å². The van der Waals surface area contributed by atoms with Gasteiger partial charge in [-0.2, -0.15) is 0 Å². The number of phenolic OH excluding ortho intramolecular Hbond substituents is 1. The fourth-order valence-corrected chi connectivity index (χ4v) is 6.31. The van der Waals surface area contributed by atoms with Crippen LogP contribution in [0.15, 0.2) is 53.8 Å². The Hall–Kier alpha value is -2.90. The number of carbonyl (C=O) groups is 2. The first-order valence-electron chi connectivity index (χ1n) is 10.6. The minimum absolute atomic E-state index is 0.0238. The molecule has 3 unspecified atom stereocenters. The number of halogens is 1. The van der Waals surface area contributed by atoms with E-state index in [9.17, 15) is 14.7 Å². The summed E-state index contributed by atoms with van der Waals surface area (Å²) in [7, 11) is 0. The van der Waals surface area contributed by atoms with Crippen molar-refractivity contribution < 1.29 is 19.4 Å². The molecule has 3 aromatic rings. The van der Waals surface area contributed by atoms with E-state index in [2.05, 4.69) is 4.98 Å². The number of thiazole rings is 1. The van der Waals surface area contributed by atoms with Gasteiger partial charge in [-0.25, -0.2) is 4.98 Å². The van der Waals surface area contributed by atoms with Crippen LogP contribution in [-0.4, -0.2) is 27.9 Å². The summed E-state index contributed by atoms with van der Waals surface area (Å²) in [6.07, 6.45) is 3.26. The van der Waals surface area contributed by atoms with Gasteiger partial charge in [0.15, 0.2) is 16.7 Å². The van der Waals surface area contributed by atoms with Gasteiger partial charge in [-0.05, 0) is 55.2 Å². The molecule has 3 atom stereocenters. The van der Waals surface area contributed by atoms with Crippen LogP contribution in [-0.2, 0) is 14.3 Å². The number of carbonyl (C=O) groups excluding carboxylic acids is 2. The van der Waals surface area contributed by atoms with Gasteiger partial charge < -0.3 is 9.84 Å². The molecular weight excluding hydrogens is 448 g/mol. The SMILES string of the molecule is O=C1C2=C(OC3CCCCC13)C(=O)N(c1nc3ccc(Cl)cc3s1)C2c1cccc(O)c1. The predicted octanol–water partition coefficient (Wildman–Crippen LogP) is 5.16. The standard InChI is InChI=1S/C24H19ClN2O4S/c25-13-8-9-16-18(11-13)32-24(26-16)27-20(12-4-3-5-14(28)10-12)19-21(29)15-6-1-2-7-17(15)31-22(19)23(27)30/h3-5,8-11,15,17,20,28H,1-2,6-7H2. The van der Waals surface area contributed by atoms with Gasteiger partial charge in [0.1, 0.15) is 11.9 Å². The van der Waals surface area contributed by atoms with E-state index >= 15 is 0 Å². The van der Waals surface area contributed by atoms with Gasteiger partial charge in [-0.3, -0.25) is 14.5 Å². The van der Waals surface area contributed by atoms with Crippen LogP contribution in [0.4, 0.5) is 5.13 Å². The monoisotopic (exact) mass is 466 g/mol. The number of anilines is 1. The quantitative estimate of drug-likeness (QED) is 0.564. The second-order valence-corrected chi connectivity index (χ2v) is 9.88. The maximum atomic E-state index is 13.6. The fourth-order valence-electron chi connectivity index (χ4n) is 5.04. The lowest BCUT2D eigenvalue weighted by atomic mass is 9.77. The van der Waals surface area contributed by atoms with Crippen molar-refractivity contribution in [2.24, 2.45) is 5.92 Å². The molecule has 2 aromatic carbocycles. The molecule has 32 heavy (non-hydrogen) atoms. The van der Waals surface area contributed by atoms with Gasteiger partial charge in [-0.1, -0.05) is 41.5 Å². The van der Waals surface area contributed by atoms with Crippen molar-refractivity contribution in [2.45, 2.75) is 37.8 Å². The molecule has 1 amide bonds. The highest BCUT2D eigenvalue weighted by molar-refractivity contribution is 7.22. The molecule has 8 heteroatoms. The third-order valence-electron chi connectivity index (χ3n) is 6.49. The lowest BCUT2D eigenvalue weighted by Crippen LogP contribution is -2.39. The Morgan fingerprint density at radius 3 is 2.81 bits per heavy atom. The molecule has 2 aliphatic heterocycles. The molecular formula is C24H19ClN2O4S.